The summed E-state index contributed by atoms with van der Waals surface area (Å²) in [7, 11) is -3.93. The molecule has 152 valence electrons. The largest absolute Gasteiger partial charge is 0.338 e. The Bertz CT molecular complexity index is 685. The van der Waals surface area contributed by atoms with Crippen molar-refractivity contribution in [2.75, 3.05) is 25.8 Å². The van der Waals surface area contributed by atoms with E-state index < -0.39 is 13.1 Å². The molecule has 8 heteroatoms. The zero-order valence-corrected chi connectivity index (χ0v) is 17.3. The van der Waals surface area contributed by atoms with Crippen molar-refractivity contribution in [3.63, 3.8) is 0 Å². The highest BCUT2D eigenvalue weighted by molar-refractivity contribution is 7.51. The highest BCUT2D eigenvalue weighted by Crippen LogP contribution is 2.32. The van der Waals surface area contributed by atoms with Crippen LogP contribution in [0.2, 0.25) is 0 Å². The number of urea groups is 1. The zero-order chi connectivity index (χ0) is 20.5. The second-order valence-corrected chi connectivity index (χ2v) is 8.99. The Morgan fingerprint density at radius 2 is 1.85 bits per heavy atom. The first-order valence-electron chi connectivity index (χ1n) is 9.09. The molecule has 0 bridgehead atoms. The van der Waals surface area contributed by atoms with Gasteiger partial charge in [0.25, 0.3) is 0 Å². The monoisotopic (exact) mass is 397 g/mol. The Kier molecular flexibility index (Phi) is 9.19. The molecular formula is C19H32N3O4P. The van der Waals surface area contributed by atoms with Crippen LogP contribution in [0.1, 0.15) is 44.7 Å². The van der Waals surface area contributed by atoms with Crippen LogP contribution in [-0.2, 0) is 10.1 Å². The molecule has 0 spiro atoms. The van der Waals surface area contributed by atoms with E-state index in [9.17, 15) is 9.36 Å². The van der Waals surface area contributed by atoms with Gasteiger partial charge in [0.1, 0.15) is 0 Å². The lowest BCUT2D eigenvalue weighted by Gasteiger charge is -2.27. The van der Waals surface area contributed by atoms with E-state index in [4.69, 9.17) is 9.79 Å². The van der Waals surface area contributed by atoms with Crippen molar-refractivity contribution in [2.45, 2.75) is 39.2 Å². The molecule has 0 aliphatic heterocycles. The molecule has 0 heterocycles. The number of allylic oxidation sites excluding steroid dienone is 1. The average molecular weight is 397 g/mol. The number of benzene rings is 1. The maximum absolute atomic E-state index is 12.2. The van der Waals surface area contributed by atoms with E-state index in [0.717, 1.165) is 29.5 Å². The lowest BCUT2D eigenvalue weighted by atomic mass is 9.92. The van der Waals surface area contributed by atoms with Gasteiger partial charge in [0.05, 0.1) is 11.7 Å². The predicted octanol–water partition coefficient (Wildman–Crippen LogP) is 2.80. The molecule has 2 amide bonds. The first-order valence-corrected chi connectivity index (χ1v) is 10.9. The van der Waals surface area contributed by atoms with Crippen LogP contribution in [0.3, 0.4) is 0 Å². The number of carbonyl (C=O) groups is 1. The second kappa shape index (κ2) is 10.6. The first kappa shape index (κ1) is 23.4. The van der Waals surface area contributed by atoms with Crippen LogP contribution >= 0.6 is 7.60 Å². The van der Waals surface area contributed by atoms with E-state index in [1.54, 1.807) is 0 Å². The fourth-order valence-electron chi connectivity index (χ4n) is 2.50. The van der Waals surface area contributed by atoms with Crippen LogP contribution in [0, 0.1) is 0 Å². The third-order valence-electron chi connectivity index (χ3n) is 4.15. The summed E-state index contributed by atoms with van der Waals surface area (Å²) >= 11 is 0. The molecule has 27 heavy (non-hydrogen) atoms. The molecule has 0 unspecified atom stereocenters. The minimum atomic E-state index is -3.93. The third-order valence-corrected chi connectivity index (χ3v) is 4.96. The number of unbranched alkanes of at least 4 members (excludes halogenated alkanes) is 1. The second-order valence-electron chi connectivity index (χ2n) is 7.21. The summed E-state index contributed by atoms with van der Waals surface area (Å²) in [6.07, 6.45) is 1.43. The van der Waals surface area contributed by atoms with E-state index in [1.165, 1.54) is 0 Å². The summed E-state index contributed by atoms with van der Waals surface area (Å²) in [5.74, 6) is 0. The van der Waals surface area contributed by atoms with Crippen LogP contribution in [-0.4, -0.2) is 41.6 Å². The van der Waals surface area contributed by atoms with Crippen molar-refractivity contribution < 1.29 is 19.1 Å². The fourth-order valence-corrected chi connectivity index (χ4v) is 2.95. The molecule has 1 aromatic rings. The number of carbonyl (C=O) groups excluding carboxylic acids is 1. The van der Waals surface area contributed by atoms with Crippen molar-refractivity contribution in [3.05, 3.63) is 42.0 Å². The van der Waals surface area contributed by atoms with Crippen LogP contribution < -0.4 is 16.0 Å². The number of hydrogen-bond donors (Lipinski definition) is 5. The Morgan fingerprint density at radius 1 is 1.19 bits per heavy atom. The van der Waals surface area contributed by atoms with Gasteiger partial charge in [0, 0.05) is 13.1 Å². The molecule has 0 saturated heterocycles. The summed E-state index contributed by atoms with van der Waals surface area (Å²) in [6, 6.07) is 7.74. The van der Waals surface area contributed by atoms with Gasteiger partial charge in [0.2, 0.25) is 0 Å². The van der Waals surface area contributed by atoms with E-state index in [0.29, 0.717) is 13.1 Å². The summed E-state index contributed by atoms with van der Waals surface area (Å²) in [5, 5.41) is 8.80. The highest BCUT2D eigenvalue weighted by Gasteiger charge is 2.23. The molecule has 5 N–H and O–H groups in total. The van der Waals surface area contributed by atoms with Gasteiger partial charge >= 0.3 is 13.6 Å². The standard InChI is InChI=1S/C19H32N3O4P/c1-15(2)16-8-7-9-17(14-16)19(3,4)22-18(23)21-11-6-5-10-20-12-13-27(24,25)26/h7-9,14,20H,1,5-6,10-13H2,2-4H3,(H2,21,22,23)(H2,24,25,26). The molecule has 0 aromatic heterocycles. The van der Waals surface area contributed by atoms with Crippen molar-refractivity contribution in [1.29, 1.82) is 0 Å². The van der Waals surface area contributed by atoms with Crippen molar-refractivity contribution in [1.82, 2.24) is 16.0 Å². The Labute approximate surface area is 161 Å². The summed E-state index contributed by atoms with van der Waals surface area (Å²) in [5.41, 5.74) is 2.52. The molecule has 0 radical (unpaired) electrons. The van der Waals surface area contributed by atoms with Crippen molar-refractivity contribution >= 4 is 19.2 Å². The molecule has 0 aliphatic carbocycles. The molecule has 1 rings (SSSR count). The lowest BCUT2D eigenvalue weighted by Crippen LogP contribution is -2.46. The van der Waals surface area contributed by atoms with Gasteiger partial charge in [-0.25, -0.2) is 4.79 Å². The minimum absolute atomic E-state index is 0.157. The molecule has 0 saturated carbocycles. The Balaban J connectivity index is 2.30. The number of nitrogens with one attached hydrogen (secondary N) is 3. The average Bonchev–Trinajstić information content (AvgIpc) is 2.56. The SMILES string of the molecule is C=C(C)c1cccc(C(C)(C)NC(=O)NCCCCNCCP(=O)(O)O)c1. The molecular weight excluding hydrogens is 365 g/mol. The van der Waals surface area contributed by atoms with Gasteiger partial charge in [-0.15, -0.1) is 0 Å². The molecule has 0 aliphatic rings. The zero-order valence-electron chi connectivity index (χ0n) is 16.4. The van der Waals surface area contributed by atoms with Crippen LogP contribution in [0.5, 0.6) is 0 Å². The number of amides is 2. The van der Waals surface area contributed by atoms with Gasteiger partial charge < -0.3 is 25.7 Å². The highest BCUT2D eigenvalue weighted by atomic mass is 31.2. The maximum Gasteiger partial charge on any atom is 0.326 e. The van der Waals surface area contributed by atoms with E-state index in [-0.39, 0.29) is 18.7 Å². The van der Waals surface area contributed by atoms with E-state index >= 15 is 0 Å². The molecule has 0 fully saturated rings. The fraction of sp³-hybridized carbons (Fsp3) is 0.526. The summed E-state index contributed by atoms with van der Waals surface area (Å²) < 4.78 is 10.7. The number of rotatable bonds is 11. The quantitative estimate of drug-likeness (QED) is 0.291. The summed E-state index contributed by atoms with van der Waals surface area (Å²) in [6.45, 7) is 11.3. The van der Waals surface area contributed by atoms with Gasteiger partial charge in [-0.1, -0.05) is 30.4 Å². The molecule has 7 nitrogen and oxygen atoms in total. The maximum atomic E-state index is 12.2. The van der Waals surface area contributed by atoms with E-state index in [1.807, 2.05) is 45.0 Å². The van der Waals surface area contributed by atoms with Gasteiger partial charge in [-0.05, 0) is 57.4 Å². The third kappa shape index (κ3) is 9.73. The van der Waals surface area contributed by atoms with E-state index in [2.05, 4.69) is 22.5 Å². The van der Waals surface area contributed by atoms with Crippen molar-refractivity contribution in [2.24, 2.45) is 0 Å². The first-order chi connectivity index (χ1) is 12.5. The Morgan fingerprint density at radius 3 is 2.48 bits per heavy atom. The van der Waals surface area contributed by atoms with Gasteiger partial charge in [-0.2, -0.15) is 0 Å². The topological polar surface area (TPSA) is 111 Å². The predicted molar refractivity (Wildman–Crippen MR) is 110 cm³/mol. The Hall–Kier alpha value is -1.66. The molecule has 1 aromatic carbocycles. The van der Waals surface area contributed by atoms with Crippen LogP contribution in [0.25, 0.3) is 5.57 Å². The molecule has 0 atom stereocenters. The van der Waals surface area contributed by atoms with Gasteiger partial charge in [0.15, 0.2) is 0 Å². The van der Waals surface area contributed by atoms with Crippen LogP contribution in [0.4, 0.5) is 4.79 Å². The van der Waals surface area contributed by atoms with Crippen LogP contribution in [0.15, 0.2) is 30.8 Å². The number of hydrogen-bond acceptors (Lipinski definition) is 3. The van der Waals surface area contributed by atoms with Gasteiger partial charge in [-0.3, -0.25) is 4.57 Å². The lowest BCUT2D eigenvalue weighted by molar-refractivity contribution is 0.230. The smallest absolute Gasteiger partial charge is 0.326 e. The summed E-state index contributed by atoms with van der Waals surface area (Å²) in [4.78, 5) is 29.7. The normalized spacial score (nSPS) is 11.9. The van der Waals surface area contributed by atoms with Crippen molar-refractivity contribution in [3.8, 4) is 0 Å². The minimum Gasteiger partial charge on any atom is -0.338 e.